The predicted octanol–water partition coefficient (Wildman–Crippen LogP) is 4.70. The molecule has 0 saturated carbocycles. The Kier molecular flexibility index (Phi) is 8.95. The fourth-order valence-corrected chi connectivity index (χ4v) is 2.50. The lowest BCUT2D eigenvalue weighted by atomic mass is 9.72. The highest BCUT2D eigenvalue weighted by atomic mass is 16.2. The van der Waals surface area contributed by atoms with Crippen LogP contribution in [0.15, 0.2) is 0 Å². The van der Waals surface area contributed by atoms with Gasteiger partial charge in [-0.1, -0.05) is 53.4 Å². The zero-order chi connectivity index (χ0) is 14.0. The summed E-state index contributed by atoms with van der Waals surface area (Å²) in [5.41, 5.74) is -0.376. The van der Waals surface area contributed by atoms with Crippen LogP contribution in [0.1, 0.15) is 85.5 Å². The number of hydrogen-bond donors (Lipinski definition) is 0. The molecule has 0 aliphatic rings. The molecule has 0 aromatic heterocycles. The molecule has 0 spiro atoms. The normalized spacial score (nSPS) is 11.6. The van der Waals surface area contributed by atoms with Crippen molar-refractivity contribution in [3.05, 3.63) is 0 Å². The van der Waals surface area contributed by atoms with Crippen molar-refractivity contribution in [1.82, 2.24) is 0 Å². The average Bonchev–Trinajstić information content (AvgIpc) is 2.40. The second-order valence-corrected chi connectivity index (χ2v) is 5.30. The molecule has 0 heterocycles. The van der Waals surface area contributed by atoms with Gasteiger partial charge in [-0.15, -0.1) is 0 Å². The zero-order valence-electron chi connectivity index (χ0n) is 12.7. The minimum atomic E-state index is -0.376. The average molecular weight is 254 g/mol. The monoisotopic (exact) mass is 254 g/mol. The fraction of sp³-hybridized carbons (Fsp3) is 0.875. The summed E-state index contributed by atoms with van der Waals surface area (Å²) in [5, 5.41) is 0. The Morgan fingerprint density at radius 3 is 1.83 bits per heavy atom. The number of hydrogen-bond acceptors (Lipinski definition) is 2. The van der Waals surface area contributed by atoms with E-state index in [9.17, 15) is 9.59 Å². The van der Waals surface area contributed by atoms with Crippen molar-refractivity contribution >= 4 is 11.6 Å². The summed E-state index contributed by atoms with van der Waals surface area (Å²) in [7, 11) is 0. The lowest BCUT2D eigenvalue weighted by Gasteiger charge is -2.29. The van der Waals surface area contributed by atoms with E-state index in [2.05, 4.69) is 13.8 Å². The molecule has 0 aromatic rings. The van der Waals surface area contributed by atoms with Crippen LogP contribution in [0.25, 0.3) is 0 Å². The third-order valence-corrected chi connectivity index (χ3v) is 4.10. The predicted molar refractivity (Wildman–Crippen MR) is 76.7 cm³/mol. The van der Waals surface area contributed by atoms with E-state index in [0.717, 1.165) is 51.4 Å². The van der Waals surface area contributed by atoms with Crippen LogP contribution >= 0.6 is 0 Å². The van der Waals surface area contributed by atoms with Crippen LogP contribution in [0.2, 0.25) is 0 Å². The largest absolute Gasteiger partial charge is 0.291 e. The Morgan fingerprint density at radius 1 is 0.833 bits per heavy atom. The molecule has 0 fully saturated rings. The summed E-state index contributed by atoms with van der Waals surface area (Å²) in [4.78, 5) is 24.4. The van der Waals surface area contributed by atoms with Crippen LogP contribution in [0, 0.1) is 5.41 Å². The van der Waals surface area contributed by atoms with E-state index in [1.165, 1.54) is 0 Å². The Morgan fingerprint density at radius 2 is 1.39 bits per heavy atom. The second kappa shape index (κ2) is 9.29. The Balaban J connectivity index is 4.58. The van der Waals surface area contributed by atoms with Crippen LogP contribution in [0.5, 0.6) is 0 Å². The first-order chi connectivity index (χ1) is 8.57. The van der Waals surface area contributed by atoms with Gasteiger partial charge in [0.15, 0.2) is 5.78 Å². The number of carbonyl (C=O) groups is 2. The number of rotatable bonds is 11. The van der Waals surface area contributed by atoms with E-state index in [1.807, 2.05) is 13.8 Å². The molecule has 0 unspecified atom stereocenters. The van der Waals surface area contributed by atoms with Crippen LogP contribution in [0.3, 0.4) is 0 Å². The van der Waals surface area contributed by atoms with Crippen molar-refractivity contribution in [2.45, 2.75) is 85.5 Å². The Labute approximate surface area is 113 Å². The lowest BCUT2D eigenvalue weighted by Crippen LogP contribution is -2.35. The van der Waals surface area contributed by atoms with E-state index >= 15 is 0 Å². The molecular formula is C16H30O2. The van der Waals surface area contributed by atoms with Gasteiger partial charge in [-0.25, -0.2) is 0 Å². The van der Waals surface area contributed by atoms with Gasteiger partial charge in [0.05, 0.1) is 0 Å². The molecule has 18 heavy (non-hydrogen) atoms. The number of unbranched alkanes of at least 4 members (excludes halogenated alkanes) is 3. The summed E-state index contributed by atoms with van der Waals surface area (Å²) < 4.78 is 0. The summed E-state index contributed by atoms with van der Waals surface area (Å²) in [5.74, 6) is -0.236. The van der Waals surface area contributed by atoms with Gasteiger partial charge in [-0.3, -0.25) is 9.59 Å². The molecule has 2 heteroatoms. The SMILES string of the molecule is CCCCCC(=O)C(=O)C(CC)(CC)CCCC. The summed E-state index contributed by atoms with van der Waals surface area (Å²) in [6.45, 7) is 8.31. The fourth-order valence-electron chi connectivity index (χ4n) is 2.50. The first-order valence-corrected chi connectivity index (χ1v) is 7.65. The quantitative estimate of drug-likeness (QED) is 0.395. The van der Waals surface area contributed by atoms with Crippen molar-refractivity contribution in [2.75, 3.05) is 0 Å². The maximum atomic E-state index is 12.4. The van der Waals surface area contributed by atoms with Crippen LogP contribution in [-0.2, 0) is 9.59 Å². The van der Waals surface area contributed by atoms with Crippen molar-refractivity contribution in [3.8, 4) is 0 Å². The van der Waals surface area contributed by atoms with E-state index in [0.29, 0.717) is 6.42 Å². The molecule has 0 aliphatic carbocycles. The molecule has 0 N–H and O–H groups in total. The minimum absolute atomic E-state index is 0.1000. The Bertz CT molecular complexity index is 252. The van der Waals surface area contributed by atoms with E-state index in [4.69, 9.17) is 0 Å². The van der Waals surface area contributed by atoms with E-state index < -0.39 is 0 Å². The molecule has 2 nitrogen and oxygen atoms in total. The highest BCUT2D eigenvalue weighted by Gasteiger charge is 2.37. The van der Waals surface area contributed by atoms with Crippen LogP contribution < -0.4 is 0 Å². The first kappa shape index (κ1) is 17.3. The third kappa shape index (κ3) is 4.91. The molecule has 0 bridgehead atoms. The molecule has 0 amide bonds. The van der Waals surface area contributed by atoms with Gasteiger partial charge in [0, 0.05) is 11.8 Å². The first-order valence-electron chi connectivity index (χ1n) is 7.65. The third-order valence-electron chi connectivity index (χ3n) is 4.10. The second-order valence-electron chi connectivity index (χ2n) is 5.30. The smallest absolute Gasteiger partial charge is 0.204 e. The number of Topliss-reactive ketones (excluding diaryl/α,β-unsaturated/α-hetero) is 2. The molecule has 0 atom stereocenters. The maximum Gasteiger partial charge on any atom is 0.204 e. The van der Waals surface area contributed by atoms with Gasteiger partial charge in [-0.05, 0) is 25.7 Å². The molecule has 0 radical (unpaired) electrons. The topological polar surface area (TPSA) is 34.1 Å². The molecule has 0 rings (SSSR count). The summed E-state index contributed by atoms with van der Waals surface area (Å²) in [6, 6.07) is 0. The van der Waals surface area contributed by atoms with Crippen molar-refractivity contribution < 1.29 is 9.59 Å². The van der Waals surface area contributed by atoms with Gasteiger partial charge in [0.2, 0.25) is 5.78 Å². The van der Waals surface area contributed by atoms with Gasteiger partial charge in [0.25, 0.3) is 0 Å². The van der Waals surface area contributed by atoms with Gasteiger partial charge < -0.3 is 0 Å². The van der Waals surface area contributed by atoms with Gasteiger partial charge in [0.1, 0.15) is 0 Å². The molecule has 0 aromatic carbocycles. The van der Waals surface area contributed by atoms with E-state index in [1.54, 1.807) is 0 Å². The zero-order valence-corrected chi connectivity index (χ0v) is 12.7. The van der Waals surface area contributed by atoms with E-state index in [-0.39, 0.29) is 17.0 Å². The molecule has 106 valence electrons. The molecule has 0 saturated heterocycles. The molecular weight excluding hydrogens is 224 g/mol. The lowest BCUT2D eigenvalue weighted by molar-refractivity contribution is -0.143. The van der Waals surface area contributed by atoms with Gasteiger partial charge in [-0.2, -0.15) is 0 Å². The Hall–Kier alpha value is -0.660. The number of ketones is 2. The minimum Gasteiger partial charge on any atom is -0.291 e. The van der Waals surface area contributed by atoms with Crippen LogP contribution in [-0.4, -0.2) is 11.6 Å². The highest BCUT2D eigenvalue weighted by molar-refractivity contribution is 6.39. The summed E-state index contributed by atoms with van der Waals surface area (Å²) >= 11 is 0. The van der Waals surface area contributed by atoms with Crippen molar-refractivity contribution in [2.24, 2.45) is 5.41 Å². The molecule has 0 aliphatic heterocycles. The van der Waals surface area contributed by atoms with Crippen molar-refractivity contribution in [1.29, 1.82) is 0 Å². The van der Waals surface area contributed by atoms with Gasteiger partial charge >= 0.3 is 0 Å². The van der Waals surface area contributed by atoms with Crippen molar-refractivity contribution in [3.63, 3.8) is 0 Å². The van der Waals surface area contributed by atoms with Crippen LogP contribution in [0.4, 0.5) is 0 Å². The highest BCUT2D eigenvalue weighted by Crippen LogP contribution is 2.34. The number of carbonyl (C=O) groups excluding carboxylic acids is 2. The standard InChI is InChI=1S/C16H30O2/c1-5-9-11-12-14(17)15(18)16(7-3,8-4)13-10-6-2/h5-13H2,1-4H3. The summed E-state index contributed by atoms with van der Waals surface area (Å²) in [6.07, 6.45) is 8.01. The maximum absolute atomic E-state index is 12.4.